The number of phenols is 1. The van der Waals surface area contributed by atoms with Gasteiger partial charge in [0.15, 0.2) is 0 Å². The highest BCUT2D eigenvalue weighted by atomic mass is 16.5. The number of benzene rings is 2. The predicted octanol–water partition coefficient (Wildman–Crippen LogP) is 4.95. The van der Waals surface area contributed by atoms with Gasteiger partial charge in [-0.15, -0.1) is 0 Å². The fourth-order valence-corrected chi connectivity index (χ4v) is 3.31. The molecular weight excluding hydrogens is 346 g/mol. The molecule has 0 bridgehead atoms. The zero-order chi connectivity index (χ0) is 19.9. The van der Waals surface area contributed by atoms with E-state index in [1.54, 1.807) is 12.1 Å². The van der Waals surface area contributed by atoms with E-state index in [-0.39, 0.29) is 5.75 Å². The maximum atomic E-state index is 9.71. The molecule has 0 unspecified atom stereocenters. The number of hydrogen-bond acceptors (Lipinski definition) is 3. The number of ether oxygens (including phenoxy) is 1. The normalized spacial score (nSPS) is 15.7. The molecule has 0 atom stereocenters. The quantitative estimate of drug-likeness (QED) is 0.710. The minimum atomic E-state index is 0.277. The predicted molar refractivity (Wildman–Crippen MR) is 115 cm³/mol. The summed E-state index contributed by atoms with van der Waals surface area (Å²) in [6, 6.07) is 15.7. The van der Waals surface area contributed by atoms with E-state index in [1.165, 1.54) is 17.1 Å². The summed E-state index contributed by atoms with van der Waals surface area (Å²) in [6.45, 7) is 3.74. The van der Waals surface area contributed by atoms with E-state index in [0.717, 1.165) is 29.8 Å². The molecule has 0 aromatic heterocycles. The molecule has 2 aromatic carbocycles. The Hall–Kier alpha value is -2.26. The third-order valence-corrected chi connectivity index (χ3v) is 4.77. The van der Waals surface area contributed by atoms with Crippen LogP contribution >= 0.6 is 0 Å². The van der Waals surface area contributed by atoms with Gasteiger partial charge in [-0.05, 0) is 87.2 Å². The van der Waals surface area contributed by atoms with Crippen LogP contribution in [0.15, 0.2) is 54.1 Å². The Balaban J connectivity index is 1.93. The van der Waals surface area contributed by atoms with E-state index in [0.29, 0.717) is 6.61 Å². The summed E-state index contributed by atoms with van der Waals surface area (Å²) < 4.78 is 5.84. The molecule has 0 saturated heterocycles. The Bertz CT molecular complexity index is 769. The summed E-state index contributed by atoms with van der Waals surface area (Å²) in [5.41, 5.74) is 4.71. The first kappa shape index (κ1) is 20.5. The van der Waals surface area contributed by atoms with Crippen LogP contribution in [-0.2, 0) is 0 Å². The van der Waals surface area contributed by atoms with Crippen LogP contribution in [0.5, 0.6) is 11.5 Å². The van der Waals surface area contributed by atoms with Crippen LogP contribution in [0.2, 0.25) is 0 Å². The molecule has 0 aliphatic heterocycles. The molecule has 3 rings (SSSR count). The van der Waals surface area contributed by atoms with Crippen molar-refractivity contribution in [2.75, 3.05) is 27.2 Å². The second-order valence-corrected chi connectivity index (χ2v) is 7.10. The lowest BCUT2D eigenvalue weighted by Crippen LogP contribution is -2.19. The molecule has 1 aliphatic carbocycles. The van der Waals surface area contributed by atoms with E-state index in [4.69, 9.17) is 4.74 Å². The van der Waals surface area contributed by atoms with Crippen LogP contribution in [0.3, 0.4) is 0 Å². The molecule has 3 nitrogen and oxygen atoms in total. The number of likely N-dealkylation sites (N-methyl/N-ethyl adjacent to an activating group) is 1. The summed E-state index contributed by atoms with van der Waals surface area (Å²) >= 11 is 0. The van der Waals surface area contributed by atoms with E-state index in [2.05, 4.69) is 49.6 Å². The molecule has 0 amide bonds. The lowest BCUT2D eigenvalue weighted by Gasteiger charge is -2.20. The van der Waals surface area contributed by atoms with Gasteiger partial charge in [0.2, 0.25) is 0 Å². The summed E-state index contributed by atoms with van der Waals surface area (Å²) in [5.74, 6) is 2.39. The molecule has 2 aromatic rings. The van der Waals surface area contributed by atoms with Crippen molar-refractivity contribution in [2.45, 2.75) is 13.3 Å². The maximum absolute atomic E-state index is 9.71. The molecule has 145 valence electrons. The second kappa shape index (κ2) is 9.79. The van der Waals surface area contributed by atoms with Crippen LogP contribution < -0.4 is 4.74 Å². The van der Waals surface area contributed by atoms with E-state index >= 15 is 0 Å². The topological polar surface area (TPSA) is 32.7 Å². The Morgan fingerprint density at radius 1 is 0.893 bits per heavy atom. The molecule has 1 N–H and O–H groups in total. The highest BCUT2D eigenvalue weighted by Gasteiger charge is 2.24. The highest BCUT2D eigenvalue weighted by molar-refractivity contribution is 5.85. The minimum Gasteiger partial charge on any atom is -0.508 e. The Morgan fingerprint density at radius 2 is 1.46 bits per heavy atom. The van der Waals surface area contributed by atoms with E-state index < -0.39 is 0 Å². The van der Waals surface area contributed by atoms with Crippen molar-refractivity contribution in [3.63, 3.8) is 0 Å². The van der Waals surface area contributed by atoms with Gasteiger partial charge in [-0.1, -0.05) is 36.8 Å². The lowest BCUT2D eigenvalue weighted by molar-refractivity contribution is 0.261. The van der Waals surface area contributed by atoms with Gasteiger partial charge < -0.3 is 14.7 Å². The van der Waals surface area contributed by atoms with Crippen molar-refractivity contribution in [3.05, 3.63) is 96.8 Å². The van der Waals surface area contributed by atoms with Gasteiger partial charge in [0.1, 0.15) is 18.1 Å². The average molecular weight is 375 g/mol. The van der Waals surface area contributed by atoms with Crippen LogP contribution in [0.1, 0.15) is 24.5 Å². The minimum absolute atomic E-state index is 0.277. The standard InChI is InChI=1S/C25H28NO2/c1-4-24(19-7-5-6-8-19)25(20-9-13-22(27)14-10-20)21-11-15-23(16-12-21)28-18-17-26(2)3/h5-16,27H,4,17-18H2,1-3H3/b25-24+. The molecule has 5 radical (unpaired) electrons. The molecule has 1 saturated carbocycles. The Morgan fingerprint density at radius 3 is 2.00 bits per heavy atom. The Kier molecular flexibility index (Phi) is 7.16. The van der Waals surface area contributed by atoms with Crippen molar-refractivity contribution in [3.8, 4) is 11.5 Å². The largest absolute Gasteiger partial charge is 0.508 e. The van der Waals surface area contributed by atoms with Crippen molar-refractivity contribution in [1.82, 2.24) is 4.90 Å². The van der Waals surface area contributed by atoms with Gasteiger partial charge in [-0.3, -0.25) is 0 Å². The number of hydrogen-bond donors (Lipinski definition) is 1. The molecule has 0 spiro atoms. The number of rotatable bonds is 8. The van der Waals surface area contributed by atoms with Gasteiger partial charge in [0, 0.05) is 12.5 Å². The summed E-state index contributed by atoms with van der Waals surface area (Å²) in [4.78, 5) is 2.10. The second-order valence-electron chi connectivity index (χ2n) is 7.10. The summed E-state index contributed by atoms with van der Waals surface area (Å²) in [6.07, 6.45) is 9.36. The molecule has 28 heavy (non-hydrogen) atoms. The molecular formula is C25H28NO2. The SMILES string of the molecule is CC/C([C]1[CH][CH][CH][CH]1)=C(/c1ccc(O)cc1)c1ccc(OCCN(C)C)cc1. The zero-order valence-corrected chi connectivity index (χ0v) is 16.9. The smallest absolute Gasteiger partial charge is 0.119 e. The Labute approximate surface area is 169 Å². The molecule has 0 heterocycles. The van der Waals surface area contributed by atoms with Crippen molar-refractivity contribution < 1.29 is 9.84 Å². The van der Waals surface area contributed by atoms with Gasteiger partial charge in [0.05, 0.1) is 0 Å². The van der Waals surface area contributed by atoms with Gasteiger partial charge in [-0.25, -0.2) is 0 Å². The van der Waals surface area contributed by atoms with Crippen molar-refractivity contribution in [2.24, 2.45) is 0 Å². The molecule has 1 fully saturated rings. The molecule has 3 heteroatoms. The first-order valence-electron chi connectivity index (χ1n) is 9.71. The number of aromatic hydroxyl groups is 1. The van der Waals surface area contributed by atoms with Crippen LogP contribution in [0, 0.1) is 31.6 Å². The van der Waals surface area contributed by atoms with Crippen LogP contribution in [0.25, 0.3) is 5.57 Å². The van der Waals surface area contributed by atoms with Crippen LogP contribution in [-0.4, -0.2) is 37.3 Å². The number of phenolic OH excluding ortho intramolecular Hbond substituents is 1. The average Bonchev–Trinajstić information content (AvgIpc) is 3.22. The highest BCUT2D eigenvalue weighted by Crippen LogP contribution is 2.40. The third kappa shape index (κ3) is 5.17. The number of nitrogens with zero attached hydrogens (tertiary/aromatic N) is 1. The molecule has 1 aliphatic rings. The van der Waals surface area contributed by atoms with Crippen molar-refractivity contribution in [1.29, 1.82) is 0 Å². The lowest BCUT2D eigenvalue weighted by atomic mass is 9.84. The maximum Gasteiger partial charge on any atom is 0.119 e. The van der Waals surface area contributed by atoms with Gasteiger partial charge in [-0.2, -0.15) is 0 Å². The van der Waals surface area contributed by atoms with E-state index in [9.17, 15) is 5.11 Å². The zero-order valence-electron chi connectivity index (χ0n) is 16.9. The number of allylic oxidation sites excluding steroid dienone is 1. The summed E-state index contributed by atoms with van der Waals surface area (Å²) in [5, 5.41) is 9.71. The first-order chi connectivity index (χ1) is 13.6. The fourth-order valence-electron chi connectivity index (χ4n) is 3.31. The van der Waals surface area contributed by atoms with Gasteiger partial charge >= 0.3 is 0 Å². The fraction of sp³-hybridized carbons (Fsp3) is 0.240. The first-order valence-corrected chi connectivity index (χ1v) is 9.71. The van der Waals surface area contributed by atoms with Crippen LogP contribution in [0.4, 0.5) is 0 Å². The van der Waals surface area contributed by atoms with Gasteiger partial charge in [0.25, 0.3) is 0 Å². The summed E-state index contributed by atoms with van der Waals surface area (Å²) in [7, 11) is 4.08. The van der Waals surface area contributed by atoms with E-state index in [1.807, 2.05) is 38.4 Å². The third-order valence-electron chi connectivity index (χ3n) is 4.77. The van der Waals surface area contributed by atoms with Crippen molar-refractivity contribution >= 4 is 5.57 Å². The monoisotopic (exact) mass is 374 g/mol.